The van der Waals surface area contributed by atoms with Gasteiger partial charge in [-0.2, -0.15) is 0 Å². The minimum atomic E-state index is -0.770. The largest absolute Gasteiger partial charge is 0.491 e. The van der Waals surface area contributed by atoms with Crippen LogP contribution in [0.15, 0.2) is 30.3 Å². The molecule has 5 nitrogen and oxygen atoms in total. The fourth-order valence-electron chi connectivity index (χ4n) is 3.05. The minimum absolute atomic E-state index is 0.0241. The maximum atomic E-state index is 13.9. The van der Waals surface area contributed by atoms with Gasteiger partial charge in [-0.1, -0.05) is 11.6 Å². The van der Waals surface area contributed by atoms with Crippen molar-refractivity contribution in [1.29, 1.82) is 0 Å². The average Bonchev–Trinajstić information content (AvgIpc) is 3.06. The Bertz CT molecular complexity index is 801. The Balaban J connectivity index is 1.55. The lowest BCUT2D eigenvalue weighted by Gasteiger charge is -2.34. The van der Waals surface area contributed by atoms with Gasteiger partial charge in [-0.3, -0.25) is 9.69 Å². The molecule has 1 aliphatic heterocycles. The minimum Gasteiger partial charge on any atom is -0.491 e. The number of likely N-dealkylation sites (N-methyl/N-ethyl adjacent to an activating group) is 1. The van der Waals surface area contributed by atoms with E-state index in [-0.39, 0.29) is 12.5 Å². The number of carbonyl (C=O) groups is 1. The number of ether oxygens (including phenoxy) is 1. The van der Waals surface area contributed by atoms with Crippen molar-refractivity contribution in [2.24, 2.45) is 0 Å². The van der Waals surface area contributed by atoms with Crippen molar-refractivity contribution in [2.45, 2.75) is 13.0 Å². The molecular weight excluding hydrogens is 391 g/mol. The van der Waals surface area contributed by atoms with Gasteiger partial charge in [0.25, 0.3) is 0 Å². The van der Waals surface area contributed by atoms with Crippen molar-refractivity contribution in [2.75, 3.05) is 39.3 Å². The summed E-state index contributed by atoms with van der Waals surface area (Å²) >= 11 is 7.30. The molecule has 2 aromatic rings. The predicted octanol–water partition coefficient (Wildman–Crippen LogP) is 3.11. The number of aliphatic hydroxyl groups is 1. The van der Waals surface area contributed by atoms with Crippen molar-refractivity contribution in [1.82, 2.24) is 9.80 Å². The summed E-state index contributed by atoms with van der Waals surface area (Å²) in [5.41, 5.74) is 0.678. The van der Waals surface area contributed by atoms with Crippen molar-refractivity contribution >= 4 is 28.8 Å². The van der Waals surface area contributed by atoms with Crippen LogP contribution in [0.4, 0.5) is 4.39 Å². The van der Waals surface area contributed by atoms with Crippen molar-refractivity contribution in [3.05, 3.63) is 40.5 Å². The summed E-state index contributed by atoms with van der Waals surface area (Å²) < 4.78 is 20.1. The van der Waals surface area contributed by atoms with Gasteiger partial charge in [0.05, 0.1) is 10.9 Å². The molecule has 27 heavy (non-hydrogen) atoms. The first-order valence-corrected chi connectivity index (χ1v) is 10.0. The van der Waals surface area contributed by atoms with E-state index in [0.717, 1.165) is 11.4 Å². The number of benzene rings is 1. The second-order valence-electron chi connectivity index (χ2n) is 6.45. The molecule has 0 bridgehead atoms. The zero-order chi connectivity index (χ0) is 19.4. The number of carbonyl (C=O) groups excluding carboxylic acids is 1. The molecule has 1 aliphatic rings. The highest BCUT2D eigenvalue weighted by Crippen LogP contribution is 2.33. The Morgan fingerprint density at radius 3 is 2.81 bits per heavy atom. The summed E-state index contributed by atoms with van der Waals surface area (Å²) in [6.45, 7) is 4.71. The lowest BCUT2D eigenvalue weighted by atomic mass is 10.2. The number of amides is 1. The zero-order valence-electron chi connectivity index (χ0n) is 15.0. The van der Waals surface area contributed by atoms with Crippen LogP contribution < -0.4 is 4.74 Å². The number of nitrogens with zero attached hydrogens (tertiary/aromatic N) is 2. The Labute approximate surface area is 166 Å². The van der Waals surface area contributed by atoms with Gasteiger partial charge < -0.3 is 14.7 Å². The van der Waals surface area contributed by atoms with Gasteiger partial charge in [0, 0.05) is 37.1 Å². The van der Waals surface area contributed by atoms with Crippen LogP contribution >= 0.6 is 22.9 Å². The fraction of sp³-hybridized carbons (Fsp3) is 0.421. The Morgan fingerprint density at radius 1 is 1.33 bits per heavy atom. The molecule has 0 radical (unpaired) electrons. The van der Waals surface area contributed by atoms with Crippen LogP contribution in [0.1, 0.15) is 6.92 Å². The van der Waals surface area contributed by atoms with E-state index in [9.17, 15) is 14.3 Å². The second-order valence-corrected chi connectivity index (χ2v) is 8.17. The number of piperazine rings is 1. The van der Waals surface area contributed by atoms with Crippen LogP contribution in [-0.4, -0.2) is 66.2 Å². The molecule has 146 valence electrons. The third-order valence-corrected chi connectivity index (χ3v) is 5.70. The van der Waals surface area contributed by atoms with Gasteiger partial charge >= 0.3 is 0 Å². The molecule has 3 rings (SSSR count). The molecule has 1 aromatic heterocycles. The van der Waals surface area contributed by atoms with Crippen LogP contribution in [0, 0.1) is 5.82 Å². The van der Waals surface area contributed by atoms with Crippen molar-refractivity contribution in [3.8, 4) is 16.2 Å². The fourth-order valence-corrected chi connectivity index (χ4v) is 4.08. The molecule has 1 atom stereocenters. The first-order valence-electron chi connectivity index (χ1n) is 8.82. The van der Waals surface area contributed by atoms with E-state index in [1.165, 1.54) is 23.5 Å². The Hall–Kier alpha value is -1.67. The number of halogens is 2. The molecular formula is C19H22ClFN2O3S. The average molecular weight is 413 g/mol. The predicted molar refractivity (Wildman–Crippen MR) is 105 cm³/mol. The van der Waals surface area contributed by atoms with Crippen LogP contribution in [0.3, 0.4) is 0 Å². The smallest absolute Gasteiger partial charge is 0.236 e. The number of hydrogen-bond acceptors (Lipinski definition) is 5. The molecule has 1 fully saturated rings. The van der Waals surface area contributed by atoms with Crippen molar-refractivity contribution < 1.29 is 19.0 Å². The molecule has 0 spiro atoms. The third kappa shape index (κ3) is 5.42. The Kier molecular flexibility index (Phi) is 6.70. The van der Waals surface area contributed by atoms with Gasteiger partial charge in [0.2, 0.25) is 5.91 Å². The summed E-state index contributed by atoms with van der Waals surface area (Å²) in [6.07, 6.45) is -0.770. The lowest BCUT2D eigenvalue weighted by molar-refractivity contribution is -0.136. The zero-order valence-corrected chi connectivity index (χ0v) is 16.6. The summed E-state index contributed by atoms with van der Waals surface area (Å²) in [6, 6.07) is 8.02. The summed E-state index contributed by atoms with van der Waals surface area (Å²) in [4.78, 5) is 16.5. The molecule has 1 saturated heterocycles. The molecule has 1 aromatic carbocycles. The topological polar surface area (TPSA) is 53.0 Å². The third-order valence-electron chi connectivity index (χ3n) is 4.42. The maximum absolute atomic E-state index is 13.9. The maximum Gasteiger partial charge on any atom is 0.236 e. The molecule has 0 saturated carbocycles. The molecule has 1 unspecified atom stereocenters. The van der Waals surface area contributed by atoms with Gasteiger partial charge in [0.15, 0.2) is 0 Å². The second kappa shape index (κ2) is 9.01. The lowest BCUT2D eigenvalue weighted by Crippen LogP contribution is -2.52. The van der Waals surface area contributed by atoms with Crippen molar-refractivity contribution in [3.63, 3.8) is 0 Å². The van der Waals surface area contributed by atoms with E-state index >= 15 is 0 Å². The number of β-amino-alcohol motifs (C(OH)–C–C–N with tert-alkyl or cyclic N) is 1. The van der Waals surface area contributed by atoms with Gasteiger partial charge in [-0.05, 0) is 36.8 Å². The summed E-state index contributed by atoms with van der Waals surface area (Å²) in [5.74, 6) is 0.00416. The molecule has 1 amide bonds. The van der Waals surface area contributed by atoms with Crippen LogP contribution in [0.5, 0.6) is 5.75 Å². The summed E-state index contributed by atoms with van der Waals surface area (Å²) in [5, 5.41) is 10.2. The Morgan fingerprint density at radius 2 is 2.15 bits per heavy atom. The van der Waals surface area contributed by atoms with E-state index in [1.807, 2.05) is 17.9 Å². The van der Waals surface area contributed by atoms with E-state index < -0.39 is 11.9 Å². The van der Waals surface area contributed by atoms with Crippen LogP contribution in [-0.2, 0) is 4.79 Å². The van der Waals surface area contributed by atoms with E-state index in [0.29, 0.717) is 41.8 Å². The summed E-state index contributed by atoms with van der Waals surface area (Å²) in [7, 11) is 0. The SMILES string of the molecule is CCN1CCN(CC(O)COc2cc(F)cc(-c3ccc(Cl)s3)c2)CC1=O. The highest BCUT2D eigenvalue weighted by Gasteiger charge is 2.24. The van der Waals surface area contributed by atoms with E-state index in [4.69, 9.17) is 16.3 Å². The first-order chi connectivity index (χ1) is 12.9. The molecule has 8 heteroatoms. The van der Waals surface area contributed by atoms with Crippen LogP contribution in [0.2, 0.25) is 4.34 Å². The first kappa shape index (κ1) is 20.1. The quantitative estimate of drug-likeness (QED) is 0.759. The molecule has 0 aliphatic carbocycles. The number of hydrogen-bond donors (Lipinski definition) is 1. The van der Waals surface area contributed by atoms with Gasteiger partial charge in [-0.15, -0.1) is 11.3 Å². The monoisotopic (exact) mass is 412 g/mol. The number of thiophene rings is 1. The standard InChI is InChI=1S/C19H22ClFN2O3S/c1-2-23-6-5-22(11-19(23)25)10-15(24)12-26-16-8-13(7-14(21)9-16)17-3-4-18(20)27-17/h3-4,7-9,15,24H,2,5-6,10-12H2,1H3. The van der Waals surface area contributed by atoms with E-state index in [2.05, 4.69) is 0 Å². The van der Waals surface area contributed by atoms with Gasteiger partial charge in [0.1, 0.15) is 24.3 Å². The van der Waals surface area contributed by atoms with Gasteiger partial charge in [-0.25, -0.2) is 4.39 Å². The normalized spacial score (nSPS) is 16.6. The van der Waals surface area contributed by atoms with Crippen LogP contribution in [0.25, 0.3) is 10.4 Å². The highest BCUT2D eigenvalue weighted by atomic mass is 35.5. The number of rotatable bonds is 7. The molecule has 1 N–H and O–H groups in total. The number of aliphatic hydroxyl groups excluding tert-OH is 1. The highest BCUT2D eigenvalue weighted by molar-refractivity contribution is 7.19. The molecule has 2 heterocycles. The van der Waals surface area contributed by atoms with E-state index in [1.54, 1.807) is 17.0 Å².